The predicted molar refractivity (Wildman–Crippen MR) is 126 cm³/mol. The first kappa shape index (κ1) is 20.4. The molecule has 0 N–H and O–H groups in total. The molecule has 0 bridgehead atoms. The number of aliphatic imine (C=N–C) groups is 1. The summed E-state index contributed by atoms with van der Waals surface area (Å²) < 4.78 is 5.73. The van der Waals surface area contributed by atoms with Gasteiger partial charge in [0.05, 0.1) is 10.7 Å². The van der Waals surface area contributed by atoms with Gasteiger partial charge in [-0.05, 0) is 80.0 Å². The Balaban J connectivity index is 1.56. The first-order valence-corrected chi connectivity index (χ1v) is 10.5. The molecular weight excluding hydrogens is 392 g/mol. The molecule has 1 fully saturated rings. The quantitative estimate of drug-likeness (QED) is 0.305. The Kier molecular flexibility index (Phi) is 5.74. The van der Waals surface area contributed by atoms with Crippen LogP contribution in [0.5, 0.6) is 5.75 Å². The van der Waals surface area contributed by atoms with Crippen LogP contribution in [-0.2, 0) is 0 Å². The average Bonchev–Trinajstić information content (AvgIpc) is 3.56. The fourth-order valence-electron chi connectivity index (χ4n) is 3.50. The maximum absolute atomic E-state index is 6.49. The van der Waals surface area contributed by atoms with Gasteiger partial charge in [-0.1, -0.05) is 54.1 Å². The third-order valence-corrected chi connectivity index (χ3v) is 5.69. The molecule has 0 amide bonds. The zero-order valence-electron chi connectivity index (χ0n) is 17.6. The van der Waals surface area contributed by atoms with Crippen molar-refractivity contribution in [3.8, 4) is 17.0 Å². The second-order valence-corrected chi connectivity index (χ2v) is 8.37. The number of ether oxygens (including phenoxy) is 1. The van der Waals surface area contributed by atoms with E-state index in [-0.39, 0.29) is 0 Å². The third kappa shape index (κ3) is 4.47. The van der Waals surface area contributed by atoms with Gasteiger partial charge in [0.25, 0.3) is 0 Å². The van der Waals surface area contributed by atoms with Gasteiger partial charge < -0.3 is 4.74 Å². The smallest absolute Gasteiger partial charge is 0.183 e. The van der Waals surface area contributed by atoms with Crippen molar-refractivity contribution in [1.29, 1.82) is 0 Å². The molecular formula is C26H25ClN2O. The molecule has 1 heterocycles. The lowest BCUT2D eigenvalue weighted by molar-refractivity contribution is 0.573. The molecule has 0 radical (unpaired) electrons. The van der Waals surface area contributed by atoms with Crippen LogP contribution in [0.4, 0.5) is 5.82 Å². The second kappa shape index (κ2) is 8.45. The van der Waals surface area contributed by atoms with Crippen LogP contribution in [0.3, 0.4) is 0 Å². The van der Waals surface area contributed by atoms with E-state index in [2.05, 4.69) is 42.8 Å². The Morgan fingerprint density at radius 2 is 1.83 bits per heavy atom. The maximum atomic E-state index is 6.49. The van der Waals surface area contributed by atoms with Crippen LogP contribution < -0.4 is 4.74 Å². The first-order valence-electron chi connectivity index (χ1n) is 10.2. The summed E-state index contributed by atoms with van der Waals surface area (Å²) in [4.78, 5) is 9.14. The lowest BCUT2D eigenvalue weighted by Gasteiger charge is -2.09. The van der Waals surface area contributed by atoms with Crippen molar-refractivity contribution in [1.82, 2.24) is 4.98 Å². The average molecular weight is 417 g/mol. The second-order valence-electron chi connectivity index (χ2n) is 7.97. The molecule has 1 aliphatic carbocycles. The lowest BCUT2D eigenvalue weighted by Crippen LogP contribution is -1.94. The number of nitrogens with zero attached hydrogens (tertiary/aromatic N) is 2. The molecule has 4 heteroatoms. The van der Waals surface area contributed by atoms with E-state index in [0.29, 0.717) is 16.6 Å². The maximum Gasteiger partial charge on any atom is 0.183 e. The van der Waals surface area contributed by atoms with E-state index < -0.39 is 0 Å². The van der Waals surface area contributed by atoms with Crippen LogP contribution in [0.25, 0.3) is 16.8 Å². The van der Waals surface area contributed by atoms with Crippen LogP contribution >= 0.6 is 11.6 Å². The van der Waals surface area contributed by atoms with Gasteiger partial charge in [-0.25, -0.2) is 9.98 Å². The number of aromatic nitrogens is 1. The molecule has 4 rings (SSSR count). The fourth-order valence-corrected chi connectivity index (χ4v) is 3.82. The van der Waals surface area contributed by atoms with Crippen molar-refractivity contribution in [2.24, 2.45) is 4.99 Å². The Morgan fingerprint density at radius 1 is 1.10 bits per heavy atom. The van der Waals surface area contributed by atoms with E-state index in [1.807, 2.05) is 38.1 Å². The summed E-state index contributed by atoms with van der Waals surface area (Å²) in [5.41, 5.74) is 7.26. The Morgan fingerprint density at radius 3 is 2.50 bits per heavy atom. The summed E-state index contributed by atoms with van der Waals surface area (Å²) in [6, 6.07) is 16.3. The summed E-state index contributed by atoms with van der Waals surface area (Å²) in [5.74, 6) is 2.03. The predicted octanol–water partition coefficient (Wildman–Crippen LogP) is 7.67. The van der Waals surface area contributed by atoms with Gasteiger partial charge >= 0.3 is 0 Å². The molecule has 2 aromatic carbocycles. The fraction of sp³-hybridized carbons (Fsp3) is 0.231. The number of hydrogen-bond donors (Lipinski definition) is 0. The molecule has 0 aliphatic heterocycles. The Labute approximate surface area is 183 Å². The summed E-state index contributed by atoms with van der Waals surface area (Å²) >= 11 is 6.49. The molecule has 0 atom stereocenters. The van der Waals surface area contributed by atoms with Gasteiger partial charge in [0.1, 0.15) is 5.75 Å². The number of aryl methyl sites for hydroxylation is 2. The van der Waals surface area contributed by atoms with Crippen LogP contribution in [0, 0.1) is 13.8 Å². The van der Waals surface area contributed by atoms with E-state index in [1.54, 1.807) is 0 Å². The van der Waals surface area contributed by atoms with E-state index >= 15 is 0 Å². The molecule has 3 nitrogen and oxygen atoms in total. The van der Waals surface area contributed by atoms with Crippen molar-refractivity contribution in [2.75, 3.05) is 0 Å². The molecule has 1 aromatic heterocycles. The van der Waals surface area contributed by atoms with Crippen molar-refractivity contribution in [2.45, 2.75) is 39.5 Å². The number of hydrogen-bond acceptors (Lipinski definition) is 3. The number of allylic oxidation sites excluding steroid dienone is 1. The first-order chi connectivity index (χ1) is 14.4. The molecule has 3 aromatic rings. The Hall–Kier alpha value is -2.91. The van der Waals surface area contributed by atoms with Gasteiger partial charge in [0.15, 0.2) is 12.2 Å². The minimum absolute atomic E-state index is 0.591. The monoisotopic (exact) mass is 416 g/mol. The minimum atomic E-state index is 0.591. The number of rotatable bonds is 6. The zero-order valence-corrected chi connectivity index (χ0v) is 18.3. The topological polar surface area (TPSA) is 34.5 Å². The molecule has 152 valence electrons. The van der Waals surface area contributed by atoms with Crippen LogP contribution in [0.15, 0.2) is 60.1 Å². The largest absolute Gasteiger partial charge is 0.446 e. The highest BCUT2D eigenvalue weighted by Gasteiger charge is 2.23. The number of pyridine rings is 1. The summed E-state index contributed by atoms with van der Waals surface area (Å²) in [5, 5.41) is 0.621. The van der Waals surface area contributed by atoms with Gasteiger partial charge in [-0.3, -0.25) is 0 Å². The third-order valence-electron chi connectivity index (χ3n) is 5.41. The van der Waals surface area contributed by atoms with Crippen molar-refractivity contribution in [3.05, 3.63) is 82.4 Å². The highest BCUT2D eigenvalue weighted by atomic mass is 35.5. The van der Waals surface area contributed by atoms with Gasteiger partial charge in [0.2, 0.25) is 0 Å². The number of benzene rings is 2. The molecule has 1 aliphatic rings. The summed E-state index contributed by atoms with van der Waals surface area (Å²) in [6.07, 6.45) is 4.00. The van der Waals surface area contributed by atoms with E-state index in [4.69, 9.17) is 21.3 Å². The SMILES string of the molecule is C=C(C)c1cc(OC=Nc2nc(-c3ccc(C4CC4)cc3)c(Cl)cc2C)ccc1C. The van der Waals surface area contributed by atoms with Gasteiger partial charge in [0, 0.05) is 5.56 Å². The van der Waals surface area contributed by atoms with Gasteiger partial charge in [-0.2, -0.15) is 0 Å². The summed E-state index contributed by atoms with van der Waals surface area (Å²) in [6.45, 7) is 10.0. The van der Waals surface area contributed by atoms with E-state index in [0.717, 1.165) is 33.9 Å². The summed E-state index contributed by atoms with van der Waals surface area (Å²) in [7, 11) is 0. The standard InChI is InChI=1S/C26H25ClN2O/c1-16(2)23-14-22(12-5-17(23)3)30-15-28-26-18(4)13-24(27)25(29-26)21-10-8-20(9-11-21)19-6-7-19/h5,8-15,19H,1,6-7H2,2-4H3. The normalized spacial score (nSPS) is 13.6. The zero-order chi connectivity index (χ0) is 21.3. The van der Waals surface area contributed by atoms with Crippen molar-refractivity contribution >= 4 is 29.4 Å². The lowest BCUT2D eigenvalue weighted by atomic mass is 10.0. The Bertz CT molecular complexity index is 1130. The molecule has 30 heavy (non-hydrogen) atoms. The highest BCUT2D eigenvalue weighted by Crippen LogP contribution is 2.41. The van der Waals surface area contributed by atoms with Crippen molar-refractivity contribution in [3.63, 3.8) is 0 Å². The van der Waals surface area contributed by atoms with Crippen LogP contribution in [0.1, 0.15) is 47.9 Å². The van der Waals surface area contributed by atoms with E-state index in [9.17, 15) is 0 Å². The van der Waals surface area contributed by atoms with Crippen LogP contribution in [-0.4, -0.2) is 11.4 Å². The molecule has 1 saturated carbocycles. The van der Waals surface area contributed by atoms with E-state index in [1.165, 1.54) is 30.4 Å². The highest BCUT2D eigenvalue weighted by molar-refractivity contribution is 6.33. The van der Waals surface area contributed by atoms with Crippen LogP contribution in [0.2, 0.25) is 5.02 Å². The molecule has 0 saturated heterocycles. The molecule has 0 unspecified atom stereocenters. The van der Waals surface area contributed by atoms with Gasteiger partial charge in [-0.15, -0.1) is 0 Å². The molecule has 0 spiro atoms. The number of halogens is 1. The van der Waals surface area contributed by atoms with Crippen molar-refractivity contribution < 1.29 is 4.74 Å². The minimum Gasteiger partial charge on any atom is -0.446 e.